The fourth-order valence-electron chi connectivity index (χ4n) is 4.07. The van der Waals surface area contributed by atoms with Gasteiger partial charge in [0.1, 0.15) is 6.33 Å². The molecule has 0 atom stereocenters. The van der Waals surface area contributed by atoms with Crippen LogP contribution in [0.25, 0.3) is 11.2 Å². The number of anilines is 1. The van der Waals surface area contributed by atoms with Crippen LogP contribution < -0.4 is 10.5 Å². The van der Waals surface area contributed by atoms with Gasteiger partial charge in [0.25, 0.3) is 0 Å². The molecule has 2 heterocycles. The van der Waals surface area contributed by atoms with Crippen LogP contribution >= 0.6 is 11.8 Å². The van der Waals surface area contributed by atoms with Gasteiger partial charge in [-0.1, -0.05) is 17.8 Å². The second-order valence-corrected chi connectivity index (χ2v) is 11.3. The number of hydrogen-bond acceptors (Lipinski definition) is 7. The maximum Gasteiger partial charge on any atom is 0.211 e. The third-order valence-electron chi connectivity index (χ3n) is 5.83. The highest BCUT2D eigenvalue weighted by Gasteiger charge is 2.27. The molecular formula is C21H26N6O2S2. The molecule has 2 aliphatic carbocycles. The maximum atomic E-state index is 12.3. The Balaban J connectivity index is 1.43. The van der Waals surface area contributed by atoms with Gasteiger partial charge >= 0.3 is 0 Å². The lowest BCUT2D eigenvalue weighted by Gasteiger charge is -2.12. The van der Waals surface area contributed by atoms with Crippen molar-refractivity contribution in [3.05, 3.63) is 35.2 Å². The number of sulfonamides is 1. The van der Waals surface area contributed by atoms with E-state index in [0.717, 1.165) is 35.7 Å². The second kappa shape index (κ2) is 8.07. The number of nitrogens with two attached hydrogens (primary N) is 1. The summed E-state index contributed by atoms with van der Waals surface area (Å²) < 4.78 is 29.2. The molecular weight excluding hydrogens is 432 g/mol. The first-order chi connectivity index (χ1) is 14.9. The average Bonchev–Trinajstić information content (AvgIpc) is 3.27. The van der Waals surface area contributed by atoms with E-state index in [1.165, 1.54) is 29.4 Å². The third-order valence-corrected chi connectivity index (χ3v) is 8.51. The standard InChI is InChI=1S/C21H26N6O2S2/c1-13-10-14-4-2-5-15(14)11-17(13)30-21-25-18-19(22)23-12-24-20(18)27(21)8-3-9-31(28,29)26-16-6-7-16/h10-12,16,26H,2-9H2,1H3,(H2,22,23,24). The Bertz CT molecular complexity index is 1250. The summed E-state index contributed by atoms with van der Waals surface area (Å²) in [4.78, 5) is 14.3. The normalized spacial score (nSPS) is 16.2. The Labute approximate surface area is 186 Å². The van der Waals surface area contributed by atoms with E-state index in [1.807, 2.05) is 4.57 Å². The summed E-state index contributed by atoms with van der Waals surface area (Å²) in [6.07, 6.45) is 7.23. The number of rotatable bonds is 8. The molecule has 2 aromatic heterocycles. The van der Waals surface area contributed by atoms with Gasteiger partial charge in [0.15, 0.2) is 22.1 Å². The van der Waals surface area contributed by atoms with E-state index in [-0.39, 0.29) is 11.8 Å². The van der Waals surface area contributed by atoms with E-state index in [0.29, 0.717) is 29.9 Å². The van der Waals surface area contributed by atoms with E-state index in [4.69, 9.17) is 10.7 Å². The molecule has 1 aromatic carbocycles. The summed E-state index contributed by atoms with van der Waals surface area (Å²) in [5.74, 6) is 0.408. The van der Waals surface area contributed by atoms with Crippen molar-refractivity contribution in [3.63, 3.8) is 0 Å². The number of nitrogens with one attached hydrogen (secondary N) is 1. The van der Waals surface area contributed by atoms with Crippen molar-refractivity contribution in [1.29, 1.82) is 0 Å². The number of nitrogen functional groups attached to an aromatic ring is 1. The van der Waals surface area contributed by atoms with E-state index in [9.17, 15) is 8.42 Å². The van der Waals surface area contributed by atoms with Crippen molar-refractivity contribution in [1.82, 2.24) is 24.2 Å². The molecule has 1 fully saturated rings. The van der Waals surface area contributed by atoms with E-state index < -0.39 is 10.0 Å². The fourth-order valence-corrected chi connectivity index (χ4v) is 6.49. The van der Waals surface area contributed by atoms with E-state index >= 15 is 0 Å². The molecule has 0 spiro atoms. The van der Waals surface area contributed by atoms with Gasteiger partial charge in [0.05, 0.1) is 5.75 Å². The van der Waals surface area contributed by atoms with Gasteiger partial charge in [0, 0.05) is 17.5 Å². The van der Waals surface area contributed by atoms with Crippen LogP contribution in [0.5, 0.6) is 0 Å². The smallest absolute Gasteiger partial charge is 0.211 e. The van der Waals surface area contributed by atoms with E-state index in [2.05, 4.69) is 33.7 Å². The minimum Gasteiger partial charge on any atom is -0.382 e. The molecule has 0 saturated heterocycles. The van der Waals surface area contributed by atoms with Gasteiger partial charge in [-0.05, 0) is 68.2 Å². The lowest BCUT2D eigenvalue weighted by atomic mass is 10.1. The summed E-state index contributed by atoms with van der Waals surface area (Å²) in [5.41, 5.74) is 11.3. The molecule has 8 nitrogen and oxygen atoms in total. The number of hydrogen-bond donors (Lipinski definition) is 2. The molecule has 0 radical (unpaired) electrons. The Morgan fingerprint density at radius 1 is 1.23 bits per heavy atom. The Morgan fingerprint density at radius 2 is 2.00 bits per heavy atom. The zero-order valence-electron chi connectivity index (χ0n) is 17.5. The van der Waals surface area contributed by atoms with Gasteiger partial charge in [-0.25, -0.2) is 28.1 Å². The van der Waals surface area contributed by atoms with Crippen molar-refractivity contribution in [2.24, 2.45) is 0 Å². The maximum absolute atomic E-state index is 12.3. The van der Waals surface area contributed by atoms with Crippen molar-refractivity contribution < 1.29 is 8.42 Å². The zero-order chi connectivity index (χ0) is 21.6. The van der Waals surface area contributed by atoms with E-state index in [1.54, 1.807) is 11.8 Å². The highest BCUT2D eigenvalue weighted by Crippen LogP contribution is 2.36. The van der Waals surface area contributed by atoms with Crippen molar-refractivity contribution in [2.75, 3.05) is 11.5 Å². The minimum absolute atomic E-state index is 0.0751. The monoisotopic (exact) mass is 458 g/mol. The molecule has 10 heteroatoms. The van der Waals surface area contributed by atoms with Crippen LogP contribution in [0.1, 0.15) is 42.4 Å². The third kappa shape index (κ3) is 4.42. The first-order valence-electron chi connectivity index (χ1n) is 10.7. The highest BCUT2D eigenvalue weighted by atomic mass is 32.2. The van der Waals surface area contributed by atoms with Crippen LogP contribution in [0.2, 0.25) is 0 Å². The first kappa shape index (κ1) is 20.7. The van der Waals surface area contributed by atoms with Crippen LogP contribution in [0.3, 0.4) is 0 Å². The van der Waals surface area contributed by atoms with Crippen LogP contribution in [0.15, 0.2) is 28.5 Å². The van der Waals surface area contributed by atoms with Crippen LogP contribution in [-0.2, 0) is 29.4 Å². The number of imidazole rings is 1. The average molecular weight is 459 g/mol. The van der Waals surface area contributed by atoms with Crippen LogP contribution in [-0.4, -0.2) is 39.7 Å². The van der Waals surface area contributed by atoms with Gasteiger partial charge in [-0.2, -0.15) is 0 Å². The lowest BCUT2D eigenvalue weighted by molar-refractivity contribution is 0.568. The number of aromatic nitrogens is 4. The molecule has 0 aliphatic heterocycles. The summed E-state index contributed by atoms with van der Waals surface area (Å²) in [7, 11) is -3.27. The molecule has 3 N–H and O–H groups in total. The SMILES string of the molecule is Cc1cc2c(cc1Sc1nc3c(N)ncnc3n1CCCS(=O)(=O)NC1CC1)CCC2. The zero-order valence-corrected chi connectivity index (χ0v) is 19.1. The van der Waals surface area contributed by atoms with Crippen LogP contribution in [0.4, 0.5) is 5.82 Å². The minimum atomic E-state index is -3.27. The number of benzene rings is 1. The van der Waals surface area contributed by atoms with Gasteiger partial charge in [0.2, 0.25) is 10.0 Å². The predicted molar refractivity (Wildman–Crippen MR) is 122 cm³/mol. The molecule has 2 aliphatic rings. The highest BCUT2D eigenvalue weighted by molar-refractivity contribution is 7.99. The molecule has 164 valence electrons. The summed E-state index contributed by atoms with van der Waals surface area (Å²) in [5, 5.41) is 0.760. The van der Waals surface area contributed by atoms with Gasteiger partial charge in [-0.15, -0.1) is 0 Å². The fraction of sp³-hybridized carbons (Fsp3) is 0.476. The molecule has 3 aromatic rings. The Morgan fingerprint density at radius 3 is 2.77 bits per heavy atom. The van der Waals surface area contributed by atoms with Gasteiger partial charge < -0.3 is 10.3 Å². The summed E-state index contributed by atoms with van der Waals surface area (Å²) >= 11 is 1.58. The van der Waals surface area contributed by atoms with Crippen molar-refractivity contribution in [2.45, 2.75) is 68.1 Å². The number of nitrogens with zero attached hydrogens (tertiary/aromatic N) is 4. The number of aryl methyl sites for hydroxylation is 4. The molecule has 31 heavy (non-hydrogen) atoms. The molecule has 0 amide bonds. The van der Waals surface area contributed by atoms with Crippen LogP contribution in [0, 0.1) is 6.92 Å². The molecule has 0 unspecified atom stereocenters. The summed E-state index contributed by atoms with van der Waals surface area (Å²) in [6.45, 7) is 2.61. The lowest BCUT2D eigenvalue weighted by Crippen LogP contribution is -2.28. The first-order valence-corrected chi connectivity index (χ1v) is 13.1. The number of fused-ring (bicyclic) bond motifs is 2. The molecule has 1 saturated carbocycles. The topological polar surface area (TPSA) is 116 Å². The second-order valence-electron chi connectivity index (χ2n) is 8.38. The predicted octanol–water partition coefficient (Wildman–Crippen LogP) is 2.83. The van der Waals surface area contributed by atoms with Gasteiger partial charge in [-0.3, -0.25) is 0 Å². The molecule has 0 bridgehead atoms. The summed E-state index contributed by atoms with van der Waals surface area (Å²) in [6, 6.07) is 4.67. The quantitative estimate of drug-likeness (QED) is 0.533. The Hall–Kier alpha value is -2.17. The molecule has 5 rings (SSSR count). The largest absolute Gasteiger partial charge is 0.382 e. The van der Waals surface area contributed by atoms with Crippen molar-refractivity contribution in [3.8, 4) is 0 Å². The van der Waals surface area contributed by atoms with Crippen molar-refractivity contribution >= 4 is 38.8 Å². The Kier molecular flexibility index (Phi) is 5.39.